The first kappa shape index (κ1) is 17.9. The normalized spacial score (nSPS) is 21.3. The molecule has 2 amide bonds. The maximum Gasteiger partial charge on any atom is 0.240 e. The van der Waals surface area contributed by atoms with Gasteiger partial charge in [0.15, 0.2) is 0 Å². The van der Waals surface area contributed by atoms with Gasteiger partial charge < -0.3 is 10.2 Å². The average Bonchev–Trinajstić information content (AvgIpc) is 2.95. The third-order valence-corrected chi connectivity index (χ3v) is 5.01. The van der Waals surface area contributed by atoms with Gasteiger partial charge in [0.05, 0.1) is 12.2 Å². The van der Waals surface area contributed by atoms with Crippen LogP contribution in [0.4, 0.5) is 5.82 Å². The number of likely N-dealkylation sites (tertiary alicyclic amines) is 1. The van der Waals surface area contributed by atoms with Crippen molar-refractivity contribution >= 4 is 17.6 Å². The van der Waals surface area contributed by atoms with Crippen LogP contribution in [0.15, 0.2) is 6.07 Å². The number of rotatable bonds is 6. The van der Waals surface area contributed by atoms with Gasteiger partial charge in [-0.25, -0.2) is 4.68 Å². The highest BCUT2D eigenvalue weighted by molar-refractivity contribution is 5.98. The highest BCUT2D eigenvalue weighted by Gasteiger charge is 2.27. The van der Waals surface area contributed by atoms with E-state index in [2.05, 4.69) is 22.2 Å². The molecule has 1 aromatic heterocycles. The molecule has 2 aliphatic rings. The largest absolute Gasteiger partial charge is 0.354 e. The molecule has 0 radical (unpaired) electrons. The summed E-state index contributed by atoms with van der Waals surface area (Å²) >= 11 is 0. The van der Waals surface area contributed by atoms with Gasteiger partial charge in [-0.15, -0.1) is 0 Å². The third-order valence-electron chi connectivity index (χ3n) is 5.01. The molecule has 1 saturated heterocycles. The Morgan fingerprint density at radius 1 is 1.40 bits per heavy atom. The first-order valence-electron chi connectivity index (χ1n) is 9.37. The van der Waals surface area contributed by atoms with Crippen LogP contribution >= 0.6 is 0 Å². The van der Waals surface area contributed by atoms with E-state index in [1.165, 1.54) is 25.9 Å². The minimum absolute atomic E-state index is 0.00939. The first-order chi connectivity index (χ1) is 12.0. The fraction of sp³-hybridized carbons (Fsp3) is 0.722. The molecule has 3 rings (SSSR count). The van der Waals surface area contributed by atoms with Crippen LogP contribution in [0.25, 0.3) is 0 Å². The fourth-order valence-electron chi connectivity index (χ4n) is 3.77. The first-order valence-corrected chi connectivity index (χ1v) is 9.37. The van der Waals surface area contributed by atoms with Gasteiger partial charge in [0, 0.05) is 25.6 Å². The molecule has 1 N–H and O–H groups in total. The van der Waals surface area contributed by atoms with Crippen molar-refractivity contribution in [1.29, 1.82) is 0 Å². The van der Waals surface area contributed by atoms with Gasteiger partial charge in [-0.2, -0.15) is 5.10 Å². The topological polar surface area (TPSA) is 70.5 Å². The summed E-state index contributed by atoms with van der Waals surface area (Å²) in [6.45, 7) is 8.89. The molecule has 7 heteroatoms. The molecule has 1 fully saturated rings. The fourth-order valence-corrected chi connectivity index (χ4v) is 3.77. The van der Waals surface area contributed by atoms with Gasteiger partial charge in [0.25, 0.3) is 0 Å². The van der Waals surface area contributed by atoms with Crippen LogP contribution in [0.5, 0.6) is 0 Å². The summed E-state index contributed by atoms with van der Waals surface area (Å²) in [6.07, 6.45) is 3.95. The van der Waals surface area contributed by atoms with E-state index in [9.17, 15) is 9.59 Å². The third kappa shape index (κ3) is 4.60. The van der Waals surface area contributed by atoms with Gasteiger partial charge >= 0.3 is 0 Å². The monoisotopic (exact) mass is 347 g/mol. The van der Waals surface area contributed by atoms with Gasteiger partial charge in [0.1, 0.15) is 12.4 Å². The second kappa shape index (κ2) is 7.99. The van der Waals surface area contributed by atoms with Crippen LogP contribution in [-0.4, -0.2) is 59.2 Å². The van der Waals surface area contributed by atoms with E-state index in [1.54, 1.807) is 4.90 Å². The second-order valence-electron chi connectivity index (χ2n) is 7.35. The Labute approximate surface area is 149 Å². The van der Waals surface area contributed by atoms with Crippen LogP contribution in [0.2, 0.25) is 0 Å². The zero-order valence-corrected chi connectivity index (χ0v) is 15.3. The number of nitrogens with zero attached hydrogens (tertiary/aromatic N) is 4. The van der Waals surface area contributed by atoms with Crippen molar-refractivity contribution in [2.75, 3.05) is 37.6 Å². The van der Waals surface area contributed by atoms with E-state index < -0.39 is 0 Å². The Hall–Kier alpha value is -1.89. The van der Waals surface area contributed by atoms with E-state index in [0.717, 1.165) is 30.4 Å². The summed E-state index contributed by atoms with van der Waals surface area (Å²) < 4.78 is 1.81. The zero-order chi connectivity index (χ0) is 17.8. The quantitative estimate of drug-likeness (QED) is 0.784. The number of piperidine rings is 1. The number of carbonyl (C=O) groups excluding carboxylic acids is 2. The molecule has 0 aromatic carbocycles. The summed E-state index contributed by atoms with van der Waals surface area (Å²) in [5.41, 5.74) is 0.867. The molecule has 138 valence electrons. The van der Waals surface area contributed by atoms with Crippen LogP contribution in [0.1, 0.15) is 38.3 Å². The zero-order valence-electron chi connectivity index (χ0n) is 15.3. The van der Waals surface area contributed by atoms with Crippen LogP contribution in [0, 0.1) is 12.8 Å². The molecule has 1 aromatic rings. The maximum absolute atomic E-state index is 12.2. The lowest BCUT2D eigenvalue weighted by Crippen LogP contribution is -2.45. The number of aryl methyl sites for hydroxylation is 2. The summed E-state index contributed by atoms with van der Waals surface area (Å²) in [5.74, 6) is 1.39. The second-order valence-corrected chi connectivity index (χ2v) is 7.35. The Kier molecular flexibility index (Phi) is 5.73. The summed E-state index contributed by atoms with van der Waals surface area (Å²) in [4.78, 5) is 28.4. The van der Waals surface area contributed by atoms with E-state index in [0.29, 0.717) is 19.5 Å². The average molecular weight is 347 g/mol. The molecule has 7 nitrogen and oxygen atoms in total. The van der Waals surface area contributed by atoms with Gasteiger partial charge in [-0.05, 0) is 45.2 Å². The predicted octanol–water partition coefficient (Wildman–Crippen LogP) is 1.17. The smallest absolute Gasteiger partial charge is 0.240 e. The SMILES string of the molecule is Cc1cc2n(n1)CCC(=O)N2CC(=O)NCCCN1CCC[C@@H](C)C1. The standard InChI is InChI=1S/C18H29N5O2/c1-14-5-3-8-21(12-14)9-4-7-19-16(24)13-22-17-11-15(2)20-23(17)10-6-18(22)25/h11,14H,3-10,12-13H2,1-2H3,(H,19,24)/t14-/m1/s1. The summed E-state index contributed by atoms with van der Waals surface area (Å²) in [7, 11) is 0. The highest BCUT2D eigenvalue weighted by Crippen LogP contribution is 2.22. The maximum atomic E-state index is 12.2. The molecule has 0 bridgehead atoms. The van der Waals surface area contributed by atoms with Crippen molar-refractivity contribution in [3.8, 4) is 0 Å². The van der Waals surface area contributed by atoms with Crippen molar-refractivity contribution < 1.29 is 9.59 Å². The van der Waals surface area contributed by atoms with Crippen LogP contribution in [-0.2, 0) is 16.1 Å². The van der Waals surface area contributed by atoms with Crippen LogP contribution < -0.4 is 10.2 Å². The number of aromatic nitrogens is 2. The van der Waals surface area contributed by atoms with Gasteiger partial charge in [-0.1, -0.05) is 6.92 Å². The Bertz CT molecular complexity index is 627. The summed E-state index contributed by atoms with van der Waals surface area (Å²) in [6, 6.07) is 1.86. The van der Waals surface area contributed by atoms with Crippen molar-refractivity contribution in [1.82, 2.24) is 20.0 Å². The molecular weight excluding hydrogens is 318 g/mol. The number of carbonyl (C=O) groups is 2. The molecule has 0 unspecified atom stereocenters. The molecule has 0 spiro atoms. The lowest BCUT2D eigenvalue weighted by atomic mass is 10.0. The lowest BCUT2D eigenvalue weighted by molar-refractivity contribution is -0.124. The van der Waals surface area contributed by atoms with Crippen molar-refractivity contribution in [3.05, 3.63) is 11.8 Å². The molecule has 0 saturated carbocycles. The molecular formula is C18H29N5O2. The number of anilines is 1. The summed E-state index contributed by atoms with van der Waals surface area (Å²) in [5, 5.41) is 7.31. The highest BCUT2D eigenvalue weighted by atomic mass is 16.2. The Morgan fingerprint density at radius 3 is 3.04 bits per heavy atom. The van der Waals surface area contributed by atoms with E-state index in [1.807, 2.05) is 17.7 Å². The Balaban J connectivity index is 1.42. The van der Waals surface area contributed by atoms with E-state index >= 15 is 0 Å². The van der Waals surface area contributed by atoms with E-state index in [4.69, 9.17) is 0 Å². The number of hydrogen-bond acceptors (Lipinski definition) is 4. The minimum Gasteiger partial charge on any atom is -0.354 e. The molecule has 25 heavy (non-hydrogen) atoms. The van der Waals surface area contributed by atoms with Gasteiger partial charge in [-0.3, -0.25) is 14.5 Å². The van der Waals surface area contributed by atoms with E-state index in [-0.39, 0.29) is 18.4 Å². The predicted molar refractivity (Wildman–Crippen MR) is 96.4 cm³/mol. The molecule has 0 aliphatic carbocycles. The van der Waals surface area contributed by atoms with Crippen molar-refractivity contribution in [2.45, 2.75) is 46.1 Å². The Morgan fingerprint density at radius 2 is 2.24 bits per heavy atom. The molecule has 1 atom stereocenters. The number of hydrogen-bond donors (Lipinski definition) is 1. The lowest BCUT2D eigenvalue weighted by Gasteiger charge is -2.30. The van der Waals surface area contributed by atoms with Crippen molar-refractivity contribution in [3.63, 3.8) is 0 Å². The minimum atomic E-state index is -0.104. The molecule has 2 aliphatic heterocycles. The number of amides is 2. The van der Waals surface area contributed by atoms with Gasteiger partial charge in [0.2, 0.25) is 11.8 Å². The van der Waals surface area contributed by atoms with Crippen LogP contribution in [0.3, 0.4) is 0 Å². The number of nitrogens with one attached hydrogen (secondary N) is 1. The molecule has 3 heterocycles. The number of fused-ring (bicyclic) bond motifs is 1. The van der Waals surface area contributed by atoms with Crippen molar-refractivity contribution in [2.24, 2.45) is 5.92 Å².